The summed E-state index contributed by atoms with van der Waals surface area (Å²) in [7, 11) is -2.88. The third-order valence-electron chi connectivity index (χ3n) is 3.75. The van der Waals surface area contributed by atoms with Crippen molar-refractivity contribution in [3.8, 4) is 5.75 Å². The van der Waals surface area contributed by atoms with Gasteiger partial charge in [-0.3, -0.25) is 4.99 Å². The molecule has 0 radical (unpaired) electrons. The highest BCUT2D eigenvalue weighted by atomic mass is 32.2. The number of rotatable bonds is 8. The highest BCUT2D eigenvalue weighted by molar-refractivity contribution is 7.91. The lowest BCUT2D eigenvalue weighted by molar-refractivity contribution is 0.308. The largest absolute Gasteiger partial charge is 0.494 e. The summed E-state index contributed by atoms with van der Waals surface area (Å²) in [5, 5.41) is 6.38. The van der Waals surface area contributed by atoms with Crippen LogP contribution in [0.25, 0.3) is 0 Å². The molecule has 0 saturated carbocycles. The van der Waals surface area contributed by atoms with Gasteiger partial charge in [-0.1, -0.05) is 18.2 Å². The summed E-state index contributed by atoms with van der Waals surface area (Å²) in [4.78, 5) is 4.51. The molecule has 2 rings (SSSR count). The van der Waals surface area contributed by atoms with Crippen LogP contribution in [0.1, 0.15) is 26.2 Å². The molecule has 134 valence electrons. The predicted octanol–water partition coefficient (Wildman–Crippen LogP) is 1.59. The highest BCUT2D eigenvalue weighted by Gasteiger charge is 2.28. The lowest BCUT2D eigenvalue weighted by Crippen LogP contribution is -2.44. The van der Waals surface area contributed by atoms with E-state index in [-0.39, 0.29) is 17.5 Å². The molecule has 1 aromatic carbocycles. The van der Waals surface area contributed by atoms with Crippen molar-refractivity contribution in [3.05, 3.63) is 30.3 Å². The Kier molecular flexibility index (Phi) is 7.36. The minimum atomic E-state index is -2.88. The van der Waals surface area contributed by atoms with Crippen LogP contribution in [0, 0.1) is 0 Å². The summed E-state index contributed by atoms with van der Waals surface area (Å²) >= 11 is 0. The number of hydrogen-bond acceptors (Lipinski definition) is 4. The van der Waals surface area contributed by atoms with Crippen molar-refractivity contribution in [1.82, 2.24) is 10.6 Å². The van der Waals surface area contributed by atoms with Gasteiger partial charge in [-0.25, -0.2) is 8.42 Å². The second kappa shape index (κ2) is 9.52. The Hall–Kier alpha value is -1.76. The van der Waals surface area contributed by atoms with Crippen LogP contribution in [-0.2, 0) is 9.84 Å². The number of aliphatic imine (C=N–C) groups is 1. The topological polar surface area (TPSA) is 79.8 Å². The molecule has 0 spiro atoms. The summed E-state index contributed by atoms with van der Waals surface area (Å²) in [6.07, 6.45) is 2.50. The number of sulfone groups is 1. The van der Waals surface area contributed by atoms with Crippen molar-refractivity contribution in [2.75, 3.05) is 31.2 Å². The van der Waals surface area contributed by atoms with Gasteiger partial charge in [-0.05, 0) is 38.3 Å². The molecule has 1 aromatic rings. The van der Waals surface area contributed by atoms with Gasteiger partial charge in [-0.15, -0.1) is 0 Å². The maximum absolute atomic E-state index is 11.5. The Morgan fingerprint density at radius 1 is 1.29 bits per heavy atom. The van der Waals surface area contributed by atoms with Crippen LogP contribution in [-0.4, -0.2) is 51.6 Å². The molecule has 1 atom stereocenters. The molecule has 7 heteroatoms. The van der Waals surface area contributed by atoms with Crippen molar-refractivity contribution in [3.63, 3.8) is 0 Å². The second-order valence-corrected chi connectivity index (χ2v) is 8.10. The fraction of sp³-hybridized carbons (Fsp3) is 0.588. The van der Waals surface area contributed by atoms with Crippen LogP contribution in [0.4, 0.5) is 0 Å². The summed E-state index contributed by atoms with van der Waals surface area (Å²) < 4.78 is 28.7. The van der Waals surface area contributed by atoms with E-state index in [1.807, 2.05) is 37.3 Å². The normalized spacial score (nSPS) is 19.9. The standard InChI is InChI=1S/C17H27N3O3S/c1-2-18-17(20-15-10-13-24(21,22)14-15)19-11-6-7-12-23-16-8-4-3-5-9-16/h3-5,8-9,15H,2,6-7,10-14H2,1H3,(H2,18,19,20). The summed E-state index contributed by atoms with van der Waals surface area (Å²) in [5.74, 6) is 2.05. The number of para-hydroxylation sites is 1. The molecule has 0 bridgehead atoms. The monoisotopic (exact) mass is 353 g/mol. The van der Waals surface area contributed by atoms with E-state index >= 15 is 0 Å². The van der Waals surface area contributed by atoms with E-state index in [0.29, 0.717) is 25.5 Å². The van der Waals surface area contributed by atoms with Crippen LogP contribution in [0.5, 0.6) is 5.75 Å². The zero-order chi connectivity index (χ0) is 17.3. The Bertz CT molecular complexity index is 617. The molecule has 1 heterocycles. The lowest BCUT2D eigenvalue weighted by Gasteiger charge is -2.15. The van der Waals surface area contributed by atoms with Gasteiger partial charge in [-0.2, -0.15) is 0 Å². The molecular weight excluding hydrogens is 326 g/mol. The Labute approximate surface area is 144 Å². The zero-order valence-electron chi connectivity index (χ0n) is 14.2. The van der Waals surface area contributed by atoms with Crippen LogP contribution < -0.4 is 15.4 Å². The number of hydrogen-bond donors (Lipinski definition) is 2. The molecular formula is C17H27N3O3S. The van der Waals surface area contributed by atoms with Gasteiger partial charge < -0.3 is 15.4 Å². The maximum Gasteiger partial charge on any atom is 0.191 e. The van der Waals surface area contributed by atoms with E-state index in [9.17, 15) is 8.42 Å². The molecule has 1 fully saturated rings. The fourth-order valence-corrected chi connectivity index (χ4v) is 4.21. The molecule has 0 aromatic heterocycles. The number of unbranched alkanes of at least 4 members (excludes halogenated alkanes) is 1. The van der Waals surface area contributed by atoms with E-state index in [1.54, 1.807) is 0 Å². The molecule has 0 aliphatic carbocycles. The summed E-state index contributed by atoms with van der Waals surface area (Å²) in [6.45, 7) is 4.11. The van der Waals surface area contributed by atoms with Gasteiger partial charge in [0.05, 0.1) is 18.1 Å². The molecule has 1 aliphatic rings. The summed E-state index contributed by atoms with van der Waals surface area (Å²) in [6, 6.07) is 9.73. The Morgan fingerprint density at radius 2 is 2.08 bits per heavy atom. The van der Waals surface area contributed by atoms with Gasteiger partial charge in [0.1, 0.15) is 5.75 Å². The van der Waals surface area contributed by atoms with Crippen molar-refractivity contribution in [1.29, 1.82) is 0 Å². The number of guanidine groups is 1. The molecule has 1 aliphatic heterocycles. The molecule has 1 saturated heterocycles. The van der Waals surface area contributed by atoms with E-state index in [0.717, 1.165) is 25.1 Å². The zero-order valence-corrected chi connectivity index (χ0v) is 15.0. The van der Waals surface area contributed by atoms with Crippen molar-refractivity contribution in [2.45, 2.75) is 32.2 Å². The number of nitrogens with zero attached hydrogens (tertiary/aromatic N) is 1. The molecule has 2 N–H and O–H groups in total. The second-order valence-electron chi connectivity index (χ2n) is 5.87. The number of benzene rings is 1. The minimum absolute atomic E-state index is 0.0331. The number of ether oxygens (including phenoxy) is 1. The highest BCUT2D eigenvalue weighted by Crippen LogP contribution is 2.11. The minimum Gasteiger partial charge on any atom is -0.494 e. The first-order chi connectivity index (χ1) is 11.6. The maximum atomic E-state index is 11.5. The molecule has 6 nitrogen and oxygen atoms in total. The van der Waals surface area contributed by atoms with E-state index < -0.39 is 9.84 Å². The Morgan fingerprint density at radius 3 is 2.75 bits per heavy atom. The third-order valence-corrected chi connectivity index (χ3v) is 5.52. The lowest BCUT2D eigenvalue weighted by atomic mass is 10.3. The van der Waals surface area contributed by atoms with E-state index in [2.05, 4.69) is 15.6 Å². The SMILES string of the molecule is CCNC(=NCCCCOc1ccccc1)NC1CCS(=O)(=O)C1. The van der Waals surface area contributed by atoms with Gasteiger partial charge in [0.2, 0.25) is 0 Å². The van der Waals surface area contributed by atoms with Gasteiger partial charge >= 0.3 is 0 Å². The smallest absolute Gasteiger partial charge is 0.191 e. The predicted molar refractivity (Wildman–Crippen MR) is 97.3 cm³/mol. The Balaban J connectivity index is 1.67. The van der Waals surface area contributed by atoms with E-state index in [4.69, 9.17) is 4.74 Å². The quantitative estimate of drug-likeness (QED) is 0.421. The molecule has 0 amide bonds. The average molecular weight is 353 g/mol. The number of nitrogens with one attached hydrogen (secondary N) is 2. The third kappa shape index (κ3) is 6.78. The van der Waals surface area contributed by atoms with Crippen LogP contribution >= 0.6 is 0 Å². The molecule has 24 heavy (non-hydrogen) atoms. The first-order valence-electron chi connectivity index (χ1n) is 8.52. The molecule has 1 unspecified atom stereocenters. The van der Waals surface area contributed by atoms with E-state index in [1.165, 1.54) is 0 Å². The average Bonchev–Trinajstić information content (AvgIpc) is 2.90. The first-order valence-corrected chi connectivity index (χ1v) is 10.3. The van der Waals surface area contributed by atoms with Gasteiger partial charge in [0, 0.05) is 19.1 Å². The van der Waals surface area contributed by atoms with Gasteiger partial charge in [0.15, 0.2) is 15.8 Å². The van der Waals surface area contributed by atoms with Gasteiger partial charge in [0.25, 0.3) is 0 Å². The van der Waals surface area contributed by atoms with Crippen molar-refractivity contribution < 1.29 is 13.2 Å². The van der Waals surface area contributed by atoms with Crippen LogP contribution in [0.2, 0.25) is 0 Å². The van der Waals surface area contributed by atoms with Crippen molar-refractivity contribution in [2.24, 2.45) is 4.99 Å². The van der Waals surface area contributed by atoms with Crippen molar-refractivity contribution >= 4 is 15.8 Å². The van der Waals surface area contributed by atoms with Crippen LogP contribution in [0.3, 0.4) is 0 Å². The first kappa shape index (κ1) is 18.6. The van der Waals surface area contributed by atoms with Crippen LogP contribution in [0.15, 0.2) is 35.3 Å². The fourth-order valence-electron chi connectivity index (χ4n) is 2.53. The summed E-state index contributed by atoms with van der Waals surface area (Å²) in [5.41, 5.74) is 0.